The summed E-state index contributed by atoms with van der Waals surface area (Å²) >= 11 is 3.15. The van der Waals surface area contributed by atoms with Crippen LogP contribution < -0.4 is 20.9 Å². The fourth-order valence-corrected chi connectivity index (χ4v) is 3.00. The highest BCUT2D eigenvalue weighted by Gasteiger charge is 2.23. The molecule has 0 radical (unpaired) electrons. The van der Waals surface area contributed by atoms with E-state index in [0.717, 1.165) is 0 Å². The third-order valence-corrected chi connectivity index (χ3v) is 3.80. The molecule has 1 unspecified atom stereocenters. The van der Waals surface area contributed by atoms with Gasteiger partial charge in [0.15, 0.2) is 6.10 Å². The van der Waals surface area contributed by atoms with Crippen LogP contribution in [0.4, 0.5) is 4.79 Å². The molecular weight excluding hydrogens is 366 g/mol. The second kappa shape index (κ2) is 6.41. The van der Waals surface area contributed by atoms with E-state index in [1.54, 1.807) is 13.0 Å². The van der Waals surface area contributed by atoms with Crippen LogP contribution in [0.1, 0.15) is 12.5 Å². The molecule has 0 heterocycles. The monoisotopic (exact) mass is 379 g/mol. The van der Waals surface area contributed by atoms with E-state index in [1.165, 1.54) is 13.0 Å². The first-order valence-electron chi connectivity index (χ1n) is 5.62. The Hall–Kier alpha value is -1.65. The molecule has 0 spiro atoms. The number of hydrogen-bond donors (Lipinski definition) is 3. The molecule has 0 aromatic heterocycles. The normalized spacial score (nSPS) is 12.6. The Morgan fingerprint density at radius 1 is 1.38 bits per heavy atom. The maximum atomic E-state index is 11.6. The third-order valence-electron chi connectivity index (χ3n) is 2.42. The summed E-state index contributed by atoms with van der Waals surface area (Å²) in [5.74, 6) is -0.863. The van der Waals surface area contributed by atoms with E-state index in [0.29, 0.717) is 10.0 Å². The predicted octanol–water partition coefficient (Wildman–Crippen LogP) is 0.367. The first kappa shape index (κ1) is 17.4. The van der Waals surface area contributed by atoms with Gasteiger partial charge in [0, 0.05) is 4.47 Å². The minimum absolute atomic E-state index is 0.0622. The number of ether oxygens (including phenoxy) is 1. The largest absolute Gasteiger partial charge is 0.479 e. The number of hydrogen-bond acceptors (Lipinski definition) is 5. The van der Waals surface area contributed by atoms with Crippen LogP contribution in [0.5, 0.6) is 5.75 Å². The summed E-state index contributed by atoms with van der Waals surface area (Å²) in [5.41, 5.74) is 5.28. The van der Waals surface area contributed by atoms with E-state index in [2.05, 4.69) is 15.9 Å². The van der Waals surface area contributed by atoms with Gasteiger partial charge >= 0.3 is 6.03 Å². The van der Waals surface area contributed by atoms with E-state index in [4.69, 9.17) is 15.6 Å². The number of primary amides is 1. The zero-order valence-corrected chi connectivity index (χ0v) is 13.6. The van der Waals surface area contributed by atoms with Crippen molar-refractivity contribution >= 4 is 37.9 Å². The molecule has 1 aromatic carbocycles. The Labute approximate surface area is 130 Å². The molecule has 0 bridgehead atoms. The average molecular weight is 380 g/mol. The summed E-state index contributed by atoms with van der Waals surface area (Å²) in [6, 6.07) is 1.83. The molecule has 1 atom stereocenters. The van der Waals surface area contributed by atoms with Gasteiger partial charge in [-0.3, -0.25) is 10.1 Å². The zero-order chi connectivity index (χ0) is 16.4. The van der Waals surface area contributed by atoms with Gasteiger partial charge in [-0.1, -0.05) is 15.9 Å². The number of amides is 3. The number of imide groups is 1. The van der Waals surface area contributed by atoms with Crippen LogP contribution in [0.3, 0.4) is 0 Å². The molecule has 1 aromatic rings. The number of rotatable bonds is 4. The Morgan fingerprint density at radius 3 is 2.43 bits per heavy atom. The summed E-state index contributed by atoms with van der Waals surface area (Å²) in [4.78, 5) is 21.9. The molecule has 10 heteroatoms. The zero-order valence-electron chi connectivity index (χ0n) is 11.2. The second-order valence-corrected chi connectivity index (χ2v) is 6.65. The van der Waals surface area contributed by atoms with Crippen molar-refractivity contribution in [3.8, 4) is 5.75 Å². The molecule has 3 amide bonds. The summed E-state index contributed by atoms with van der Waals surface area (Å²) in [5, 5.41) is 6.96. The number of sulfonamides is 1. The van der Waals surface area contributed by atoms with Crippen molar-refractivity contribution in [3.05, 3.63) is 22.2 Å². The van der Waals surface area contributed by atoms with Crippen LogP contribution in [0.2, 0.25) is 0 Å². The molecule has 0 aliphatic heterocycles. The molecular formula is C11H14BrN3O5S. The topological polar surface area (TPSA) is 142 Å². The Kier molecular flexibility index (Phi) is 5.31. The first-order valence-corrected chi connectivity index (χ1v) is 7.96. The highest BCUT2D eigenvalue weighted by Crippen LogP contribution is 2.31. The van der Waals surface area contributed by atoms with Gasteiger partial charge in [0.05, 0.1) is 0 Å². The van der Waals surface area contributed by atoms with Crippen molar-refractivity contribution in [1.29, 1.82) is 0 Å². The molecule has 1 rings (SSSR count). The lowest BCUT2D eigenvalue weighted by Crippen LogP contribution is -2.42. The van der Waals surface area contributed by atoms with E-state index in [-0.39, 0.29) is 10.6 Å². The minimum atomic E-state index is -4.05. The summed E-state index contributed by atoms with van der Waals surface area (Å²) < 4.78 is 29.0. The van der Waals surface area contributed by atoms with Crippen LogP contribution in [0.15, 0.2) is 21.5 Å². The lowest BCUT2D eigenvalue weighted by molar-refractivity contribution is -0.126. The van der Waals surface area contributed by atoms with Gasteiger partial charge in [0.2, 0.25) is 10.0 Å². The highest BCUT2D eigenvalue weighted by atomic mass is 79.9. The van der Waals surface area contributed by atoms with Gasteiger partial charge in [-0.05, 0) is 31.5 Å². The molecule has 0 saturated heterocycles. The maximum Gasteiger partial charge on any atom is 0.318 e. The van der Waals surface area contributed by atoms with Crippen molar-refractivity contribution < 1.29 is 22.7 Å². The molecule has 5 N–H and O–H groups in total. The first-order chi connectivity index (χ1) is 9.52. The van der Waals surface area contributed by atoms with Gasteiger partial charge in [-0.25, -0.2) is 18.4 Å². The SMILES string of the molecule is Cc1cc(Br)cc(S(N)(=O)=O)c1OC(C)C(=O)NC(N)=O. The van der Waals surface area contributed by atoms with Crippen molar-refractivity contribution in [2.75, 3.05) is 0 Å². The van der Waals surface area contributed by atoms with Gasteiger partial charge in [0.1, 0.15) is 10.6 Å². The number of nitrogens with one attached hydrogen (secondary N) is 1. The van der Waals surface area contributed by atoms with Crippen molar-refractivity contribution in [2.24, 2.45) is 10.9 Å². The third kappa shape index (κ3) is 4.69. The fraction of sp³-hybridized carbons (Fsp3) is 0.273. The van der Waals surface area contributed by atoms with Crippen LogP contribution in [-0.4, -0.2) is 26.5 Å². The van der Waals surface area contributed by atoms with Crippen LogP contribution in [0.25, 0.3) is 0 Å². The molecule has 8 nitrogen and oxygen atoms in total. The van der Waals surface area contributed by atoms with Gasteiger partial charge in [-0.2, -0.15) is 0 Å². The fourth-order valence-electron chi connectivity index (χ4n) is 1.51. The number of carbonyl (C=O) groups is 2. The lowest BCUT2D eigenvalue weighted by Gasteiger charge is -2.18. The van der Waals surface area contributed by atoms with Crippen molar-refractivity contribution in [2.45, 2.75) is 24.8 Å². The lowest BCUT2D eigenvalue weighted by atomic mass is 10.2. The van der Waals surface area contributed by atoms with Gasteiger partial charge < -0.3 is 10.5 Å². The summed E-state index contributed by atoms with van der Waals surface area (Å²) in [7, 11) is -4.05. The number of nitrogens with two attached hydrogens (primary N) is 2. The average Bonchev–Trinajstić information content (AvgIpc) is 2.29. The molecule has 0 aliphatic rings. The van der Waals surface area contributed by atoms with E-state index in [1.807, 2.05) is 5.32 Å². The molecule has 21 heavy (non-hydrogen) atoms. The molecule has 116 valence electrons. The Morgan fingerprint density at radius 2 is 1.95 bits per heavy atom. The number of urea groups is 1. The quantitative estimate of drug-likeness (QED) is 0.692. The number of aryl methyl sites for hydroxylation is 1. The summed E-state index contributed by atoms with van der Waals surface area (Å²) in [6.07, 6.45) is -1.14. The van der Waals surface area contributed by atoms with Crippen LogP contribution in [-0.2, 0) is 14.8 Å². The van der Waals surface area contributed by atoms with E-state index >= 15 is 0 Å². The van der Waals surface area contributed by atoms with E-state index < -0.39 is 28.1 Å². The smallest absolute Gasteiger partial charge is 0.318 e. The number of primary sulfonamides is 1. The Bertz CT molecular complexity index is 689. The van der Waals surface area contributed by atoms with Crippen LogP contribution in [0, 0.1) is 6.92 Å². The maximum absolute atomic E-state index is 11.6. The van der Waals surface area contributed by atoms with Crippen LogP contribution >= 0.6 is 15.9 Å². The minimum Gasteiger partial charge on any atom is -0.479 e. The highest BCUT2D eigenvalue weighted by molar-refractivity contribution is 9.10. The van der Waals surface area contributed by atoms with Gasteiger partial charge in [0.25, 0.3) is 5.91 Å². The standard InChI is InChI=1S/C11H14BrN3O5S/c1-5-3-7(12)4-8(21(14,18)19)9(5)20-6(2)10(16)15-11(13)17/h3-4,6H,1-2H3,(H2,14,18,19)(H3,13,15,16,17). The predicted molar refractivity (Wildman–Crippen MR) is 78.1 cm³/mol. The molecule has 0 aliphatic carbocycles. The summed E-state index contributed by atoms with van der Waals surface area (Å²) in [6.45, 7) is 2.93. The van der Waals surface area contributed by atoms with Gasteiger partial charge in [-0.15, -0.1) is 0 Å². The Balaban J connectivity index is 3.19. The molecule has 0 saturated carbocycles. The van der Waals surface area contributed by atoms with Crippen molar-refractivity contribution in [3.63, 3.8) is 0 Å². The second-order valence-electron chi connectivity index (χ2n) is 4.21. The molecule has 0 fully saturated rings. The number of halogens is 1. The number of carbonyl (C=O) groups excluding carboxylic acids is 2. The van der Waals surface area contributed by atoms with Crippen molar-refractivity contribution in [1.82, 2.24) is 5.32 Å². The number of benzene rings is 1. The van der Waals surface area contributed by atoms with E-state index in [9.17, 15) is 18.0 Å².